The zero-order valence-corrected chi connectivity index (χ0v) is 8.50. The van der Waals surface area contributed by atoms with Crippen LogP contribution in [0.1, 0.15) is 27.2 Å². The minimum absolute atomic E-state index is 0.518. The SMILES string of the molecule is CCC(C)C1=C(C)CN(C(=O)O)C1. The van der Waals surface area contributed by atoms with Gasteiger partial charge in [0, 0.05) is 13.1 Å². The van der Waals surface area contributed by atoms with Crippen molar-refractivity contribution >= 4 is 6.09 Å². The second-order valence-electron chi connectivity index (χ2n) is 3.75. The fourth-order valence-electron chi connectivity index (χ4n) is 1.74. The van der Waals surface area contributed by atoms with E-state index in [0.29, 0.717) is 19.0 Å². The third-order valence-electron chi connectivity index (χ3n) is 2.82. The molecule has 0 fully saturated rings. The summed E-state index contributed by atoms with van der Waals surface area (Å²) in [6.07, 6.45) is 0.276. The molecule has 0 bridgehead atoms. The van der Waals surface area contributed by atoms with Crippen LogP contribution in [0.15, 0.2) is 11.1 Å². The highest BCUT2D eigenvalue weighted by Crippen LogP contribution is 2.25. The van der Waals surface area contributed by atoms with Crippen molar-refractivity contribution in [2.75, 3.05) is 13.1 Å². The summed E-state index contributed by atoms with van der Waals surface area (Å²) in [5, 5.41) is 8.80. The summed E-state index contributed by atoms with van der Waals surface area (Å²) in [4.78, 5) is 12.2. The van der Waals surface area contributed by atoms with Crippen LogP contribution in [0.2, 0.25) is 0 Å². The Labute approximate surface area is 79.0 Å². The lowest BCUT2D eigenvalue weighted by molar-refractivity contribution is 0.156. The van der Waals surface area contributed by atoms with E-state index in [0.717, 1.165) is 6.42 Å². The van der Waals surface area contributed by atoms with Crippen molar-refractivity contribution in [3.63, 3.8) is 0 Å². The standard InChI is InChI=1S/C10H17NO2/c1-4-7(2)9-6-11(10(12)13)5-8(9)3/h7H,4-6H2,1-3H3,(H,12,13). The quantitative estimate of drug-likeness (QED) is 0.667. The highest BCUT2D eigenvalue weighted by Gasteiger charge is 2.25. The molecule has 1 heterocycles. The van der Waals surface area contributed by atoms with Crippen LogP contribution in [0.5, 0.6) is 0 Å². The summed E-state index contributed by atoms with van der Waals surface area (Å²) in [5.41, 5.74) is 2.54. The number of carbonyl (C=O) groups is 1. The average molecular weight is 183 g/mol. The van der Waals surface area contributed by atoms with E-state index in [4.69, 9.17) is 5.11 Å². The van der Waals surface area contributed by atoms with Gasteiger partial charge in [-0.15, -0.1) is 0 Å². The Bertz CT molecular complexity index is 245. The maximum atomic E-state index is 10.7. The first-order valence-corrected chi connectivity index (χ1v) is 4.72. The van der Waals surface area contributed by atoms with E-state index in [-0.39, 0.29) is 0 Å². The van der Waals surface area contributed by atoms with Gasteiger partial charge in [-0.25, -0.2) is 4.79 Å². The van der Waals surface area contributed by atoms with Gasteiger partial charge in [-0.2, -0.15) is 0 Å². The Morgan fingerprint density at radius 2 is 2.23 bits per heavy atom. The van der Waals surface area contributed by atoms with E-state index < -0.39 is 6.09 Å². The molecule has 0 spiro atoms. The molecule has 0 saturated heterocycles. The van der Waals surface area contributed by atoms with Crippen molar-refractivity contribution in [3.8, 4) is 0 Å². The van der Waals surface area contributed by atoms with Crippen molar-refractivity contribution in [2.45, 2.75) is 27.2 Å². The van der Waals surface area contributed by atoms with Gasteiger partial charge < -0.3 is 10.0 Å². The van der Waals surface area contributed by atoms with Gasteiger partial charge in [0.15, 0.2) is 0 Å². The molecular weight excluding hydrogens is 166 g/mol. The summed E-state index contributed by atoms with van der Waals surface area (Å²) in [6.45, 7) is 7.52. The van der Waals surface area contributed by atoms with Crippen molar-refractivity contribution in [1.29, 1.82) is 0 Å². The number of rotatable bonds is 2. The predicted octanol–water partition coefficient (Wildman–Crippen LogP) is 2.34. The summed E-state index contributed by atoms with van der Waals surface area (Å²) in [6, 6.07) is 0. The Morgan fingerprint density at radius 1 is 1.62 bits per heavy atom. The van der Waals surface area contributed by atoms with Crippen molar-refractivity contribution < 1.29 is 9.90 Å². The Kier molecular flexibility index (Phi) is 2.96. The third kappa shape index (κ3) is 2.02. The van der Waals surface area contributed by atoms with Gasteiger partial charge in [-0.3, -0.25) is 0 Å². The van der Waals surface area contributed by atoms with Crippen LogP contribution in [-0.2, 0) is 0 Å². The van der Waals surface area contributed by atoms with Crippen molar-refractivity contribution in [2.24, 2.45) is 5.92 Å². The molecule has 1 N–H and O–H groups in total. The van der Waals surface area contributed by atoms with Crippen LogP contribution in [0.3, 0.4) is 0 Å². The van der Waals surface area contributed by atoms with E-state index in [9.17, 15) is 4.79 Å². The topological polar surface area (TPSA) is 40.5 Å². The molecule has 0 aliphatic carbocycles. The maximum absolute atomic E-state index is 10.7. The van der Waals surface area contributed by atoms with E-state index in [1.807, 2.05) is 6.92 Å². The Balaban J connectivity index is 2.67. The first kappa shape index (κ1) is 10.1. The summed E-state index contributed by atoms with van der Waals surface area (Å²) in [7, 11) is 0. The average Bonchev–Trinajstić information content (AvgIpc) is 2.46. The molecule has 0 saturated carbocycles. The molecule has 1 aliphatic heterocycles. The van der Waals surface area contributed by atoms with E-state index in [1.165, 1.54) is 16.0 Å². The Morgan fingerprint density at radius 3 is 2.62 bits per heavy atom. The normalized spacial score (nSPS) is 19.5. The largest absolute Gasteiger partial charge is 0.465 e. The van der Waals surface area contributed by atoms with Crippen LogP contribution >= 0.6 is 0 Å². The molecule has 74 valence electrons. The zero-order chi connectivity index (χ0) is 10.0. The molecular formula is C10H17NO2. The predicted molar refractivity (Wildman–Crippen MR) is 51.8 cm³/mol. The lowest BCUT2D eigenvalue weighted by Gasteiger charge is -2.14. The molecule has 3 heteroatoms. The van der Waals surface area contributed by atoms with Crippen LogP contribution in [0.25, 0.3) is 0 Å². The van der Waals surface area contributed by atoms with Crippen LogP contribution in [0, 0.1) is 5.92 Å². The van der Waals surface area contributed by atoms with Gasteiger partial charge in [-0.1, -0.05) is 19.4 Å². The lowest BCUT2D eigenvalue weighted by Crippen LogP contribution is -2.27. The second kappa shape index (κ2) is 3.81. The molecule has 1 atom stereocenters. The van der Waals surface area contributed by atoms with Gasteiger partial charge in [0.1, 0.15) is 0 Å². The number of amides is 1. The highest BCUT2D eigenvalue weighted by atomic mass is 16.4. The van der Waals surface area contributed by atoms with Gasteiger partial charge in [0.2, 0.25) is 0 Å². The first-order chi connectivity index (χ1) is 6.06. The minimum atomic E-state index is -0.808. The molecule has 1 unspecified atom stereocenters. The molecule has 3 nitrogen and oxygen atoms in total. The van der Waals surface area contributed by atoms with Crippen LogP contribution in [0.4, 0.5) is 4.79 Å². The maximum Gasteiger partial charge on any atom is 0.407 e. The molecule has 0 radical (unpaired) electrons. The molecule has 13 heavy (non-hydrogen) atoms. The smallest absolute Gasteiger partial charge is 0.407 e. The van der Waals surface area contributed by atoms with Crippen molar-refractivity contribution in [3.05, 3.63) is 11.1 Å². The summed E-state index contributed by atoms with van der Waals surface area (Å²) < 4.78 is 0. The van der Waals surface area contributed by atoms with Gasteiger partial charge in [0.05, 0.1) is 0 Å². The number of hydrogen-bond acceptors (Lipinski definition) is 1. The van der Waals surface area contributed by atoms with Gasteiger partial charge in [-0.05, 0) is 24.8 Å². The number of nitrogens with zero attached hydrogens (tertiary/aromatic N) is 1. The molecule has 0 aromatic carbocycles. The summed E-state index contributed by atoms with van der Waals surface area (Å²) in [5.74, 6) is 0.518. The van der Waals surface area contributed by atoms with Gasteiger partial charge in [0.25, 0.3) is 0 Å². The Hall–Kier alpha value is -0.990. The molecule has 0 aromatic rings. The fourth-order valence-corrected chi connectivity index (χ4v) is 1.74. The number of hydrogen-bond donors (Lipinski definition) is 1. The third-order valence-corrected chi connectivity index (χ3v) is 2.82. The highest BCUT2D eigenvalue weighted by molar-refractivity contribution is 5.67. The summed E-state index contributed by atoms with van der Waals surface area (Å²) >= 11 is 0. The lowest BCUT2D eigenvalue weighted by atomic mass is 9.96. The molecule has 0 aromatic heterocycles. The number of carboxylic acid groups (broad SMARTS) is 1. The second-order valence-corrected chi connectivity index (χ2v) is 3.75. The molecule has 1 rings (SSSR count). The van der Waals surface area contributed by atoms with Crippen LogP contribution in [-0.4, -0.2) is 29.2 Å². The van der Waals surface area contributed by atoms with Crippen LogP contribution < -0.4 is 0 Å². The van der Waals surface area contributed by atoms with Crippen molar-refractivity contribution in [1.82, 2.24) is 4.90 Å². The fraction of sp³-hybridized carbons (Fsp3) is 0.700. The minimum Gasteiger partial charge on any atom is -0.465 e. The first-order valence-electron chi connectivity index (χ1n) is 4.72. The van der Waals surface area contributed by atoms with E-state index >= 15 is 0 Å². The zero-order valence-electron chi connectivity index (χ0n) is 8.50. The van der Waals surface area contributed by atoms with E-state index in [1.54, 1.807) is 0 Å². The molecule has 1 aliphatic rings. The van der Waals surface area contributed by atoms with E-state index in [2.05, 4.69) is 13.8 Å². The van der Waals surface area contributed by atoms with Gasteiger partial charge >= 0.3 is 6.09 Å². The molecule has 1 amide bonds. The monoisotopic (exact) mass is 183 g/mol.